The Labute approximate surface area is 120 Å². The zero-order valence-corrected chi connectivity index (χ0v) is 11.1. The number of rotatable bonds is 4. The number of carbonyl (C=O) groups excluding carboxylic acids is 2. The number of aromatic amines is 1. The molecule has 0 amide bonds. The van der Waals surface area contributed by atoms with Crippen LogP contribution in [0.4, 0.5) is 13.2 Å². The molecule has 1 heterocycles. The summed E-state index contributed by atoms with van der Waals surface area (Å²) in [5, 5.41) is 10.7. The van der Waals surface area contributed by atoms with Crippen LogP contribution in [0, 0.1) is 0 Å². The van der Waals surface area contributed by atoms with E-state index in [4.69, 9.17) is 9.59 Å². The van der Waals surface area contributed by atoms with E-state index < -0.39 is 6.36 Å². The number of alkyl halides is 3. The van der Waals surface area contributed by atoms with Gasteiger partial charge in [0, 0.05) is 5.75 Å². The number of aromatic nitrogens is 3. The molecule has 0 saturated carbocycles. The lowest BCUT2D eigenvalue weighted by Crippen LogP contribution is -2.16. The smallest absolute Gasteiger partial charge is 0.406 e. The third kappa shape index (κ3) is 7.14. The normalized spacial score (nSPS) is 10.2. The number of hydrogen-bond donors (Lipinski definition) is 1. The third-order valence-electron chi connectivity index (χ3n) is 1.94. The molecular weight excluding hydrogens is 311 g/mol. The highest BCUT2D eigenvalue weighted by Gasteiger charge is 2.30. The summed E-state index contributed by atoms with van der Waals surface area (Å²) in [5.41, 5.74) is 0.873. The maximum absolute atomic E-state index is 11.9. The van der Waals surface area contributed by atoms with Gasteiger partial charge >= 0.3 is 12.5 Å². The first kappa shape index (κ1) is 16.7. The number of H-pyrrole nitrogens is 1. The van der Waals surface area contributed by atoms with Gasteiger partial charge in [-0.05, 0) is 17.7 Å². The van der Waals surface area contributed by atoms with Gasteiger partial charge in [-0.1, -0.05) is 23.9 Å². The largest absolute Gasteiger partial charge is 0.573 e. The monoisotopic (exact) mass is 319 g/mol. The topological polar surface area (TPSA) is 84.9 Å². The maximum atomic E-state index is 11.9. The highest BCUT2D eigenvalue weighted by atomic mass is 32.2. The van der Waals surface area contributed by atoms with E-state index >= 15 is 0 Å². The van der Waals surface area contributed by atoms with Gasteiger partial charge in [-0.15, -0.1) is 18.3 Å². The molecule has 0 unspecified atom stereocenters. The molecule has 1 aromatic carbocycles. The summed E-state index contributed by atoms with van der Waals surface area (Å²) in [5.74, 6) is 0.372. The van der Waals surface area contributed by atoms with Crippen LogP contribution in [-0.2, 0) is 15.3 Å². The first-order valence-corrected chi connectivity index (χ1v) is 6.25. The third-order valence-corrected chi connectivity index (χ3v) is 2.91. The van der Waals surface area contributed by atoms with Gasteiger partial charge in [0.25, 0.3) is 0 Å². The van der Waals surface area contributed by atoms with Crippen molar-refractivity contribution in [2.45, 2.75) is 17.1 Å². The van der Waals surface area contributed by atoms with Crippen LogP contribution in [0.1, 0.15) is 5.56 Å². The zero-order valence-electron chi connectivity index (χ0n) is 10.3. The van der Waals surface area contributed by atoms with Crippen LogP contribution in [0.15, 0.2) is 35.5 Å². The van der Waals surface area contributed by atoms with Crippen molar-refractivity contribution in [3.63, 3.8) is 0 Å². The minimum absolute atomic E-state index is 0.224. The van der Waals surface area contributed by atoms with Crippen molar-refractivity contribution in [3.8, 4) is 5.75 Å². The lowest BCUT2D eigenvalue weighted by atomic mass is 10.2. The van der Waals surface area contributed by atoms with Crippen molar-refractivity contribution < 1.29 is 27.5 Å². The van der Waals surface area contributed by atoms with Crippen molar-refractivity contribution >= 4 is 17.9 Å². The van der Waals surface area contributed by atoms with E-state index in [0.29, 0.717) is 5.75 Å². The van der Waals surface area contributed by atoms with Crippen molar-refractivity contribution in [3.05, 3.63) is 36.0 Å². The van der Waals surface area contributed by atoms with Crippen molar-refractivity contribution in [1.29, 1.82) is 0 Å². The summed E-state index contributed by atoms with van der Waals surface area (Å²) < 4.78 is 39.6. The number of hydrogen-bond acceptors (Lipinski definition) is 6. The quantitative estimate of drug-likeness (QED) is 0.871. The van der Waals surface area contributed by atoms with E-state index in [1.165, 1.54) is 23.9 Å². The summed E-state index contributed by atoms with van der Waals surface area (Å²) in [6.07, 6.45) is -2.83. The first-order chi connectivity index (χ1) is 9.94. The fourth-order valence-electron chi connectivity index (χ4n) is 1.21. The summed E-state index contributed by atoms with van der Waals surface area (Å²) in [6, 6.07) is 5.72. The molecule has 1 N–H and O–H groups in total. The summed E-state index contributed by atoms with van der Waals surface area (Å²) in [7, 11) is 0. The molecule has 0 aliphatic heterocycles. The zero-order chi connectivity index (χ0) is 15.7. The van der Waals surface area contributed by atoms with Crippen LogP contribution in [0.3, 0.4) is 0 Å². The molecule has 2 rings (SSSR count). The van der Waals surface area contributed by atoms with E-state index in [0.717, 1.165) is 10.6 Å². The Morgan fingerprint density at radius 3 is 2.33 bits per heavy atom. The molecule has 6 nitrogen and oxygen atoms in total. The predicted molar refractivity (Wildman–Crippen MR) is 64.1 cm³/mol. The molecule has 1 aromatic heterocycles. The molecule has 0 radical (unpaired) electrons. The Morgan fingerprint density at radius 2 is 1.86 bits per heavy atom. The molecule has 0 spiro atoms. The van der Waals surface area contributed by atoms with Crippen LogP contribution in [0.5, 0.6) is 5.75 Å². The lowest BCUT2D eigenvalue weighted by Gasteiger charge is -2.08. The van der Waals surface area contributed by atoms with E-state index in [1.54, 1.807) is 18.3 Å². The van der Waals surface area contributed by atoms with Gasteiger partial charge < -0.3 is 4.74 Å². The average molecular weight is 319 g/mol. The van der Waals surface area contributed by atoms with E-state index in [9.17, 15) is 13.2 Å². The number of ether oxygens (including phenoxy) is 1. The van der Waals surface area contributed by atoms with Gasteiger partial charge in [0.15, 0.2) is 0 Å². The summed E-state index contributed by atoms with van der Waals surface area (Å²) in [4.78, 5) is 16.2. The minimum atomic E-state index is -4.66. The molecule has 2 aromatic rings. The molecule has 0 atom stereocenters. The number of nitrogens with zero attached hydrogens (tertiary/aromatic N) is 2. The molecule has 10 heteroatoms. The molecule has 0 fully saturated rings. The maximum Gasteiger partial charge on any atom is 0.573 e. The van der Waals surface area contributed by atoms with Crippen LogP contribution in [0.25, 0.3) is 0 Å². The minimum Gasteiger partial charge on any atom is -0.406 e. The van der Waals surface area contributed by atoms with Crippen molar-refractivity contribution in [1.82, 2.24) is 15.4 Å². The highest BCUT2D eigenvalue weighted by Crippen LogP contribution is 2.25. The van der Waals surface area contributed by atoms with Crippen LogP contribution in [0.2, 0.25) is 0 Å². The van der Waals surface area contributed by atoms with Crippen LogP contribution in [-0.4, -0.2) is 27.9 Å². The van der Waals surface area contributed by atoms with E-state index in [2.05, 4.69) is 20.1 Å². The van der Waals surface area contributed by atoms with Crippen LogP contribution >= 0.6 is 11.8 Å². The second-order valence-corrected chi connectivity index (χ2v) is 4.37. The summed E-state index contributed by atoms with van der Waals surface area (Å²) in [6.45, 7) is 0. The Hall–Kier alpha value is -2.32. The highest BCUT2D eigenvalue weighted by molar-refractivity contribution is 7.98. The Bertz CT molecular complexity index is 567. The fourth-order valence-corrected chi connectivity index (χ4v) is 1.94. The molecule has 0 aliphatic carbocycles. The summed E-state index contributed by atoms with van der Waals surface area (Å²) >= 11 is 1.43. The lowest BCUT2D eigenvalue weighted by molar-refractivity contribution is -0.274. The molecule has 0 aliphatic rings. The Morgan fingerprint density at radius 1 is 1.24 bits per heavy atom. The van der Waals surface area contributed by atoms with Gasteiger partial charge in [-0.25, -0.2) is 0 Å². The standard InChI is InChI=1S/C10H8F3N3OS.CO2/c11-10(12,13)17-8-3-1-7(2-4-8)6-18-9-5-14-16-15-9;2-1-3/h1-5H,6H2,(H,14,15,16);. The van der Waals surface area contributed by atoms with Gasteiger partial charge in [0.05, 0.1) is 6.20 Å². The Balaban J connectivity index is 0.000000677. The number of thioether (sulfide) groups is 1. The predicted octanol–water partition coefficient (Wildman–Crippen LogP) is 2.41. The first-order valence-electron chi connectivity index (χ1n) is 5.27. The van der Waals surface area contributed by atoms with Crippen LogP contribution < -0.4 is 4.74 Å². The molecular formula is C11H8F3N3O3S. The molecule has 0 saturated heterocycles. The van der Waals surface area contributed by atoms with E-state index in [1.807, 2.05) is 0 Å². The van der Waals surface area contributed by atoms with Crippen molar-refractivity contribution in [2.24, 2.45) is 0 Å². The van der Waals surface area contributed by atoms with Gasteiger partial charge in [0.1, 0.15) is 10.8 Å². The number of nitrogens with one attached hydrogen (secondary N) is 1. The second kappa shape index (κ2) is 8.08. The SMILES string of the molecule is FC(F)(F)Oc1ccc(CSc2cn[nH]n2)cc1.O=C=O. The number of halogens is 3. The van der Waals surface area contributed by atoms with Gasteiger partial charge in [-0.2, -0.15) is 19.9 Å². The number of benzene rings is 1. The molecule has 21 heavy (non-hydrogen) atoms. The second-order valence-electron chi connectivity index (χ2n) is 3.37. The Kier molecular flexibility index (Phi) is 6.44. The average Bonchev–Trinajstić information content (AvgIpc) is 2.90. The van der Waals surface area contributed by atoms with Gasteiger partial charge in [-0.3, -0.25) is 0 Å². The van der Waals surface area contributed by atoms with Crippen molar-refractivity contribution in [2.75, 3.05) is 0 Å². The van der Waals surface area contributed by atoms with Gasteiger partial charge in [0.2, 0.25) is 0 Å². The molecule has 112 valence electrons. The fraction of sp³-hybridized carbons (Fsp3) is 0.182. The molecule has 0 bridgehead atoms. The van der Waals surface area contributed by atoms with E-state index in [-0.39, 0.29) is 11.9 Å².